The van der Waals surface area contributed by atoms with Crippen LogP contribution in [-0.2, 0) is 18.4 Å². The Morgan fingerprint density at radius 2 is 2.28 bits per heavy atom. The van der Waals surface area contributed by atoms with Crippen molar-refractivity contribution in [3.8, 4) is 0 Å². The van der Waals surface area contributed by atoms with E-state index < -0.39 is 6.67 Å². The number of anilines is 2. The lowest BCUT2D eigenvalue weighted by Gasteiger charge is -2.20. The van der Waals surface area contributed by atoms with Crippen molar-refractivity contribution in [1.29, 1.82) is 0 Å². The zero-order valence-corrected chi connectivity index (χ0v) is 14.6. The molecule has 0 radical (unpaired) electrons. The molecule has 0 aliphatic rings. The molecular formula is C18H22FN5O. The second-order valence-electron chi connectivity index (χ2n) is 5.36. The van der Waals surface area contributed by atoms with E-state index in [1.54, 1.807) is 24.0 Å². The second-order valence-corrected chi connectivity index (χ2v) is 5.36. The van der Waals surface area contributed by atoms with Crippen molar-refractivity contribution in [2.45, 2.75) is 13.5 Å². The molecule has 2 aromatic heterocycles. The topological polar surface area (TPSA) is 63.1 Å². The SMILES string of the molecule is C/C=C(\C=C/CF)c1cnc(NC)c(N(C=O)Cc2ccn(C)n2)c1. The maximum Gasteiger partial charge on any atom is 0.214 e. The van der Waals surface area contributed by atoms with Crippen LogP contribution in [0.15, 0.2) is 42.8 Å². The van der Waals surface area contributed by atoms with E-state index in [-0.39, 0.29) is 0 Å². The fraction of sp³-hybridized carbons (Fsp3) is 0.278. The van der Waals surface area contributed by atoms with Crippen LogP contribution >= 0.6 is 0 Å². The Morgan fingerprint density at radius 3 is 2.84 bits per heavy atom. The Bertz CT molecular complexity index is 782. The molecule has 132 valence electrons. The number of hydrogen-bond donors (Lipinski definition) is 1. The fourth-order valence-electron chi connectivity index (χ4n) is 2.45. The first kappa shape index (κ1) is 18.4. The molecule has 2 heterocycles. The molecule has 6 nitrogen and oxygen atoms in total. The Labute approximate surface area is 146 Å². The van der Waals surface area contributed by atoms with Gasteiger partial charge >= 0.3 is 0 Å². The average molecular weight is 343 g/mol. The number of nitrogens with one attached hydrogen (secondary N) is 1. The third-order valence-corrected chi connectivity index (χ3v) is 3.67. The molecule has 0 aliphatic carbocycles. The Morgan fingerprint density at radius 1 is 1.48 bits per heavy atom. The van der Waals surface area contributed by atoms with Crippen molar-refractivity contribution in [2.75, 3.05) is 23.9 Å². The van der Waals surface area contributed by atoms with E-state index in [0.717, 1.165) is 23.2 Å². The Kier molecular flexibility index (Phi) is 6.45. The van der Waals surface area contributed by atoms with Gasteiger partial charge in [-0.15, -0.1) is 0 Å². The maximum atomic E-state index is 12.4. The van der Waals surface area contributed by atoms with Crippen molar-refractivity contribution in [1.82, 2.24) is 14.8 Å². The lowest BCUT2D eigenvalue weighted by molar-refractivity contribution is -0.107. The second kappa shape index (κ2) is 8.77. The summed E-state index contributed by atoms with van der Waals surface area (Å²) in [6, 6.07) is 3.71. The average Bonchev–Trinajstić information content (AvgIpc) is 3.05. The first-order valence-electron chi connectivity index (χ1n) is 7.90. The highest BCUT2D eigenvalue weighted by Gasteiger charge is 2.15. The van der Waals surface area contributed by atoms with Gasteiger partial charge in [0.15, 0.2) is 0 Å². The molecule has 0 unspecified atom stereocenters. The summed E-state index contributed by atoms with van der Waals surface area (Å²) in [5, 5.41) is 7.30. The van der Waals surface area contributed by atoms with Gasteiger partial charge in [-0.1, -0.05) is 18.2 Å². The van der Waals surface area contributed by atoms with Gasteiger partial charge in [0, 0.05) is 32.1 Å². The molecule has 0 saturated carbocycles. The van der Waals surface area contributed by atoms with Crippen LogP contribution < -0.4 is 10.2 Å². The highest BCUT2D eigenvalue weighted by Crippen LogP contribution is 2.28. The first-order valence-corrected chi connectivity index (χ1v) is 7.90. The highest BCUT2D eigenvalue weighted by molar-refractivity contribution is 5.85. The largest absolute Gasteiger partial charge is 0.371 e. The highest BCUT2D eigenvalue weighted by atomic mass is 19.1. The quantitative estimate of drug-likeness (QED) is 0.591. The van der Waals surface area contributed by atoms with Gasteiger partial charge < -0.3 is 10.2 Å². The van der Waals surface area contributed by atoms with E-state index >= 15 is 0 Å². The van der Waals surface area contributed by atoms with Crippen LogP contribution in [0.1, 0.15) is 18.2 Å². The fourth-order valence-corrected chi connectivity index (χ4v) is 2.45. The minimum atomic E-state index is -0.535. The molecule has 25 heavy (non-hydrogen) atoms. The third-order valence-electron chi connectivity index (χ3n) is 3.67. The smallest absolute Gasteiger partial charge is 0.214 e. The molecule has 0 aliphatic heterocycles. The number of rotatable bonds is 8. The number of pyridine rings is 1. The number of amides is 1. The van der Waals surface area contributed by atoms with Crippen molar-refractivity contribution >= 4 is 23.5 Å². The number of carbonyl (C=O) groups excluding carboxylic acids is 1. The summed E-state index contributed by atoms with van der Waals surface area (Å²) in [6.07, 6.45) is 9.28. The molecule has 0 atom stereocenters. The van der Waals surface area contributed by atoms with Crippen molar-refractivity contribution < 1.29 is 9.18 Å². The van der Waals surface area contributed by atoms with Crippen LogP contribution in [0.3, 0.4) is 0 Å². The third kappa shape index (κ3) is 4.53. The van der Waals surface area contributed by atoms with E-state index in [4.69, 9.17) is 0 Å². The van der Waals surface area contributed by atoms with Crippen LogP contribution in [-0.4, -0.2) is 34.9 Å². The Balaban J connectivity index is 2.40. The van der Waals surface area contributed by atoms with Crippen LogP contribution in [0, 0.1) is 0 Å². The molecule has 0 spiro atoms. The molecule has 2 aromatic rings. The van der Waals surface area contributed by atoms with Gasteiger partial charge in [0.2, 0.25) is 6.41 Å². The van der Waals surface area contributed by atoms with Crippen LogP contribution in [0.5, 0.6) is 0 Å². The van der Waals surface area contributed by atoms with Gasteiger partial charge in [-0.2, -0.15) is 5.10 Å². The summed E-state index contributed by atoms with van der Waals surface area (Å²) in [6.45, 7) is 1.66. The van der Waals surface area contributed by atoms with E-state index in [9.17, 15) is 9.18 Å². The zero-order chi connectivity index (χ0) is 18.2. The molecule has 1 N–H and O–H groups in total. The minimum absolute atomic E-state index is 0.329. The molecule has 0 fully saturated rings. The van der Waals surface area contributed by atoms with Crippen molar-refractivity contribution in [3.63, 3.8) is 0 Å². The molecule has 0 bridgehead atoms. The lowest BCUT2D eigenvalue weighted by atomic mass is 10.1. The van der Waals surface area contributed by atoms with E-state index in [1.807, 2.05) is 38.4 Å². The summed E-state index contributed by atoms with van der Waals surface area (Å²) in [5.41, 5.74) is 3.03. The number of aromatic nitrogens is 3. The van der Waals surface area contributed by atoms with Gasteiger partial charge in [-0.05, 0) is 24.6 Å². The molecule has 2 rings (SSSR count). The van der Waals surface area contributed by atoms with Crippen molar-refractivity contribution in [2.24, 2.45) is 7.05 Å². The molecule has 7 heteroatoms. The van der Waals surface area contributed by atoms with Crippen LogP contribution in [0.25, 0.3) is 5.57 Å². The van der Waals surface area contributed by atoms with Crippen molar-refractivity contribution in [3.05, 3.63) is 54.0 Å². The Hall–Kier alpha value is -2.96. The number of halogens is 1. The number of allylic oxidation sites excluding steroid dienone is 4. The summed E-state index contributed by atoms with van der Waals surface area (Å²) >= 11 is 0. The number of nitrogens with zero attached hydrogens (tertiary/aromatic N) is 4. The lowest BCUT2D eigenvalue weighted by Crippen LogP contribution is -2.22. The van der Waals surface area contributed by atoms with E-state index in [1.165, 1.54) is 11.0 Å². The summed E-state index contributed by atoms with van der Waals surface area (Å²) in [4.78, 5) is 17.6. The van der Waals surface area contributed by atoms with Gasteiger partial charge in [0.25, 0.3) is 0 Å². The monoisotopic (exact) mass is 343 g/mol. The standard InChI is InChI=1S/C18H22FN5O/c1-4-14(6-5-8-19)15-10-17(18(20-2)21-11-15)24(13-25)12-16-7-9-23(3)22-16/h4-7,9-11,13H,8,12H2,1-3H3,(H,20,21)/b6-5-,14-4+. The number of alkyl halides is 1. The predicted octanol–water partition coefficient (Wildman–Crippen LogP) is 2.95. The first-order chi connectivity index (χ1) is 12.1. The van der Waals surface area contributed by atoms with Crippen LogP contribution in [0.2, 0.25) is 0 Å². The molecule has 1 amide bonds. The summed E-state index contributed by atoms with van der Waals surface area (Å²) in [5.74, 6) is 0.580. The van der Waals surface area contributed by atoms with Gasteiger partial charge in [-0.25, -0.2) is 9.37 Å². The number of aryl methyl sites for hydroxylation is 1. The summed E-state index contributed by atoms with van der Waals surface area (Å²) < 4.78 is 14.1. The molecule has 0 aromatic carbocycles. The van der Waals surface area contributed by atoms with Gasteiger partial charge in [-0.3, -0.25) is 9.48 Å². The van der Waals surface area contributed by atoms with E-state index in [2.05, 4.69) is 15.4 Å². The predicted molar refractivity (Wildman–Crippen MR) is 98.0 cm³/mol. The zero-order valence-electron chi connectivity index (χ0n) is 14.6. The maximum absolute atomic E-state index is 12.4. The number of hydrogen-bond acceptors (Lipinski definition) is 4. The minimum Gasteiger partial charge on any atom is -0.371 e. The van der Waals surface area contributed by atoms with Gasteiger partial charge in [0.05, 0.1) is 17.9 Å². The van der Waals surface area contributed by atoms with Gasteiger partial charge in [0.1, 0.15) is 12.5 Å². The van der Waals surface area contributed by atoms with Crippen LogP contribution in [0.4, 0.5) is 15.9 Å². The number of carbonyl (C=O) groups is 1. The summed E-state index contributed by atoms with van der Waals surface area (Å²) in [7, 11) is 3.57. The van der Waals surface area contributed by atoms with E-state index in [0.29, 0.717) is 18.1 Å². The molecule has 0 saturated heterocycles. The molecular weight excluding hydrogens is 321 g/mol. The normalized spacial score (nSPS) is 11.8.